The summed E-state index contributed by atoms with van der Waals surface area (Å²) in [4.78, 5) is 11.3. The fraction of sp³-hybridized carbons (Fsp3) is 0.474. The summed E-state index contributed by atoms with van der Waals surface area (Å²) in [6, 6.07) is 6.78. The minimum atomic E-state index is -0.235. The van der Waals surface area contributed by atoms with Gasteiger partial charge in [-0.05, 0) is 53.9 Å². The molecule has 3 heterocycles. The van der Waals surface area contributed by atoms with Gasteiger partial charge in [-0.1, -0.05) is 12.1 Å². The van der Waals surface area contributed by atoms with Gasteiger partial charge in [-0.2, -0.15) is 0 Å². The third-order valence-corrected chi connectivity index (χ3v) is 5.01. The lowest BCUT2D eigenvalue weighted by Gasteiger charge is -2.28. The molecule has 29 heavy (non-hydrogen) atoms. The zero-order chi connectivity index (χ0) is 20.1. The number of anilines is 2. The van der Waals surface area contributed by atoms with E-state index >= 15 is 0 Å². The molecule has 1 aromatic carbocycles. The Hall–Kier alpha value is -2.85. The van der Waals surface area contributed by atoms with E-state index in [2.05, 4.69) is 35.8 Å². The van der Waals surface area contributed by atoms with Crippen molar-refractivity contribution in [3.63, 3.8) is 0 Å². The van der Waals surface area contributed by atoms with Crippen LogP contribution in [0.25, 0.3) is 11.3 Å². The Kier molecular flexibility index (Phi) is 6.11. The van der Waals surface area contributed by atoms with Crippen molar-refractivity contribution in [2.75, 3.05) is 50.5 Å². The van der Waals surface area contributed by atoms with Crippen LogP contribution >= 0.6 is 0 Å². The normalized spacial score (nSPS) is 15.7. The number of likely N-dealkylation sites (tertiary alicyclic amines) is 1. The topological polar surface area (TPSA) is 101 Å². The van der Waals surface area contributed by atoms with Gasteiger partial charge in [0, 0.05) is 20.2 Å². The maximum absolute atomic E-state index is 13.4. The average Bonchev–Trinajstić information content (AvgIpc) is 3.41. The van der Waals surface area contributed by atoms with Crippen LogP contribution in [0.3, 0.4) is 0 Å². The number of nitrogens with one attached hydrogen (secondary N) is 2. The molecule has 1 atom stereocenters. The second-order valence-electron chi connectivity index (χ2n) is 6.94. The van der Waals surface area contributed by atoms with Crippen molar-refractivity contribution in [3.8, 4) is 0 Å². The van der Waals surface area contributed by atoms with E-state index < -0.39 is 0 Å². The van der Waals surface area contributed by atoms with Gasteiger partial charge in [0.15, 0.2) is 11.6 Å². The summed E-state index contributed by atoms with van der Waals surface area (Å²) in [5.74, 6) is 0.890. The quantitative estimate of drug-likeness (QED) is 0.524. The van der Waals surface area contributed by atoms with Crippen molar-refractivity contribution in [2.45, 2.75) is 18.9 Å². The average molecular weight is 401 g/mol. The molecule has 1 aliphatic rings. The Morgan fingerprint density at radius 2 is 1.72 bits per heavy atom. The molecule has 0 aliphatic carbocycles. The molecule has 1 fully saturated rings. The standard InChI is InChI=1S/C19H24FN7O2/c1-28-11-8-21-16-17(24-19-18(23-16)25-29-26-19)22-12-15(27-9-2-3-10-27)13-4-6-14(20)7-5-13/h4-7,15H,2-3,8-12H2,1H3,(H,21,23,25)(H,22,24,26). The molecule has 2 N–H and O–H groups in total. The molecule has 2 aromatic heterocycles. The van der Waals surface area contributed by atoms with E-state index in [9.17, 15) is 4.39 Å². The summed E-state index contributed by atoms with van der Waals surface area (Å²) < 4.78 is 23.2. The van der Waals surface area contributed by atoms with E-state index in [0.29, 0.717) is 42.6 Å². The van der Waals surface area contributed by atoms with Crippen molar-refractivity contribution in [2.24, 2.45) is 0 Å². The Labute approximate surface area is 167 Å². The summed E-state index contributed by atoms with van der Waals surface area (Å²) in [5.41, 5.74) is 1.74. The summed E-state index contributed by atoms with van der Waals surface area (Å²) in [7, 11) is 1.64. The molecule has 10 heteroatoms. The number of hydrogen-bond donors (Lipinski definition) is 2. The SMILES string of the molecule is COCCNc1nc2nonc2nc1NCC(c1ccc(F)cc1)N1CCCC1. The van der Waals surface area contributed by atoms with Crippen LogP contribution in [-0.2, 0) is 4.74 Å². The molecule has 0 saturated carbocycles. The zero-order valence-electron chi connectivity index (χ0n) is 16.3. The van der Waals surface area contributed by atoms with Crippen LogP contribution in [0.1, 0.15) is 24.4 Å². The lowest BCUT2D eigenvalue weighted by Crippen LogP contribution is -2.31. The van der Waals surface area contributed by atoms with Gasteiger partial charge in [0.2, 0.25) is 11.3 Å². The number of halogens is 1. The summed E-state index contributed by atoms with van der Waals surface area (Å²) in [5, 5.41) is 14.1. The van der Waals surface area contributed by atoms with Gasteiger partial charge in [0.05, 0.1) is 12.6 Å². The van der Waals surface area contributed by atoms with Crippen LogP contribution in [0.5, 0.6) is 0 Å². The molecule has 0 radical (unpaired) electrons. The van der Waals surface area contributed by atoms with Crippen molar-refractivity contribution < 1.29 is 13.8 Å². The monoisotopic (exact) mass is 401 g/mol. The molecule has 0 amide bonds. The summed E-state index contributed by atoms with van der Waals surface area (Å²) in [6.45, 7) is 3.73. The van der Waals surface area contributed by atoms with Crippen molar-refractivity contribution in [1.82, 2.24) is 25.2 Å². The number of fused-ring (bicyclic) bond motifs is 1. The number of nitrogens with zero attached hydrogens (tertiary/aromatic N) is 5. The molecule has 4 rings (SSSR count). The van der Waals surface area contributed by atoms with E-state index in [0.717, 1.165) is 31.5 Å². The first-order valence-electron chi connectivity index (χ1n) is 9.71. The van der Waals surface area contributed by atoms with Crippen molar-refractivity contribution in [3.05, 3.63) is 35.6 Å². The van der Waals surface area contributed by atoms with Crippen molar-refractivity contribution >= 4 is 22.9 Å². The number of methoxy groups -OCH3 is 1. The first-order valence-corrected chi connectivity index (χ1v) is 9.71. The predicted molar refractivity (Wildman–Crippen MR) is 106 cm³/mol. The summed E-state index contributed by atoms with van der Waals surface area (Å²) in [6.07, 6.45) is 2.33. The molecule has 0 spiro atoms. The Morgan fingerprint density at radius 3 is 2.38 bits per heavy atom. The molecule has 3 aromatic rings. The highest BCUT2D eigenvalue weighted by atomic mass is 19.1. The van der Waals surface area contributed by atoms with Crippen molar-refractivity contribution in [1.29, 1.82) is 0 Å². The molecule has 1 unspecified atom stereocenters. The molecule has 9 nitrogen and oxygen atoms in total. The van der Waals surface area contributed by atoms with Gasteiger partial charge in [0.25, 0.3) is 0 Å². The molecule has 154 valence electrons. The van der Waals surface area contributed by atoms with E-state index in [1.165, 1.54) is 12.1 Å². The van der Waals surface area contributed by atoms with Gasteiger partial charge >= 0.3 is 0 Å². The minimum absolute atomic E-state index is 0.0952. The highest BCUT2D eigenvalue weighted by molar-refractivity contribution is 5.73. The second kappa shape index (κ2) is 9.10. The second-order valence-corrected chi connectivity index (χ2v) is 6.94. The third kappa shape index (κ3) is 4.60. The van der Waals surface area contributed by atoms with E-state index in [1.807, 2.05) is 12.1 Å². The minimum Gasteiger partial charge on any atom is -0.383 e. The van der Waals surface area contributed by atoms with Gasteiger partial charge in [-0.15, -0.1) is 0 Å². The molecule has 0 bridgehead atoms. The number of ether oxygens (including phenoxy) is 1. The lowest BCUT2D eigenvalue weighted by atomic mass is 10.1. The van der Waals surface area contributed by atoms with Gasteiger partial charge in [-0.3, -0.25) is 4.90 Å². The molecular formula is C19H24FN7O2. The van der Waals surface area contributed by atoms with E-state index in [-0.39, 0.29) is 11.9 Å². The maximum atomic E-state index is 13.4. The predicted octanol–water partition coefficient (Wildman–Crippen LogP) is 2.46. The van der Waals surface area contributed by atoms with E-state index in [1.54, 1.807) is 7.11 Å². The van der Waals surface area contributed by atoms with Crippen LogP contribution in [0, 0.1) is 5.82 Å². The van der Waals surface area contributed by atoms with Gasteiger partial charge in [-0.25, -0.2) is 19.0 Å². The fourth-order valence-electron chi connectivity index (χ4n) is 3.55. The van der Waals surface area contributed by atoms with Gasteiger partial charge in [0.1, 0.15) is 5.82 Å². The van der Waals surface area contributed by atoms with Crippen LogP contribution in [0.2, 0.25) is 0 Å². The number of aromatic nitrogens is 4. The first-order chi connectivity index (χ1) is 14.2. The number of hydrogen-bond acceptors (Lipinski definition) is 9. The molecule has 1 saturated heterocycles. The zero-order valence-corrected chi connectivity index (χ0v) is 16.3. The first kappa shape index (κ1) is 19.5. The Morgan fingerprint density at radius 1 is 1.07 bits per heavy atom. The maximum Gasteiger partial charge on any atom is 0.245 e. The van der Waals surface area contributed by atoms with Crippen LogP contribution < -0.4 is 10.6 Å². The van der Waals surface area contributed by atoms with Crippen LogP contribution in [0.15, 0.2) is 28.9 Å². The third-order valence-electron chi connectivity index (χ3n) is 5.01. The smallest absolute Gasteiger partial charge is 0.245 e. The summed E-state index contributed by atoms with van der Waals surface area (Å²) >= 11 is 0. The number of benzene rings is 1. The largest absolute Gasteiger partial charge is 0.383 e. The Balaban J connectivity index is 1.56. The highest BCUT2D eigenvalue weighted by Crippen LogP contribution is 2.27. The van der Waals surface area contributed by atoms with Gasteiger partial charge < -0.3 is 15.4 Å². The highest BCUT2D eigenvalue weighted by Gasteiger charge is 2.24. The fourth-order valence-corrected chi connectivity index (χ4v) is 3.55. The molecular weight excluding hydrogens is 377 g/mol. The Bertz CT molecular complexity index is 928. The van der Waals surface area contributed by atoms with Crippen LogP contribution in [0.4, 0.5) is 16.0 Å². The molecule has 1 aliphatic heterocycles. The number of rotatable bonds is 9. The lowest BCUT2D eigenvalue weighted by molar-refractivity contribution is 0.210. The van der Waals surface area contributed by atoms with Crippen LogP contribution in [-0.4, -0.2) is 65.1 Å². The van der Waals surface area contributed by atoms with E-state index in [4.69, 9.17) is 9.37 Å².